The topological polar surface area (TPSA) is 74.5 Å². The number of carbonyl (C=O) groups is 1. The van der Waals surface area contributed by atoms with Crippen molar-refractivity contribution in [3.63, 3.8) is 0 Å². The van der Waals surface area contributed by atoms with Gasteiger partial charge in [0.05, 0.1) is 12.8 Å². The Morgan fingerprint density at radius 1 is 1.20 bits per heavy atom. The van der Waals surface area contributed by atoms with E-state index in [0.29, 0.717) is 42.5 Å². The first kappa shape index (κ1) is 21.3. The lowest BCUT2D eigenvalue weighted by atomic mass is 10.1. The highest BCUT2D eigenvalue weighted by molar-refractivity contribution is 5.95. The lowest BCUT2D eigenvalue weighted by Gasteiger charge is -2.10. The summed E-state index contributed by atoms with van der Waals surface area (Å²) < 4.78 is 16.8. The van der Waals surface area contributed by atoms with E-state index in [2.05, 4.69) is 9.97 Å². The Morgan fingerprint density at radius 2 is 2.03 bits per heavy atom. The van der Waals surface area contributed by atoms with E-state index in [-0.39, 0.29) is 5.78 Å². The molecule has 0 N–H and O–H groups in total. The molecule has 2 heterocycles. The number of allylic oxidation sites excluding steroid dienone is 1. The first-order chi connectivity index (χ1) is 14.5. The molecule has 0 aliphatic rings. The standard InChI is InChI=1S/C24H26N2O4/c1-16(2)11-13-29-22-14-18(7-10-21(22)28-4)24-26-19(15-30-24)8-9-20(27)23-17(3)6-5-12-25-23/h5-7,10-12,14-15H,8-9,13H2,1-4H3. The highest BCUT2D eigenvalue weighted by Gasteiger charge is 2.14. The van der Waals surface area contributed by atoms with Crippen LogP contribution in [0.4, 0.5) is 0 Å². The van der Waals surface area contributed by atoms with Gasteiger partial charge in [-0.3, -0.25) is 9.78 Å². The lowest BCUT2D eigenvalue weighted by Crippen LogP contribution is -2.06. The van der Waals surface area contributed by atoms with Crippen LogP contribution >= 0.6 is 0 Å². The van der Waals surface area contributed by atoms with Crippen molar-refractivity contribution in [2.75, 3.05) is 13.7 Å². The van der Waals surface area contributed by atoms with E-state index in [0.717, 1.165) is 16.8 Å². The van der Waals surface area contributed by atoms with Crippen LogP contribution in [0.25, 0.3) is 11.5 Å². The summed E-state index contributed by atoms with van der Waals surface area (Å²) in [5.41, 5.74) is 4.06. The molecule has 3 rings (SSSR count). The molecule has 2 aromatic heterocycles. The van der Waals surface area contributed by atoms with Crippen LogP contribution in [0.3, 0.4) is 0 Å². The highest BCUT2D eigenvalue weighted by atomic mass is 16.5. The quantitative estimate of drug-likeness (QED) is 0.358. The molecule has 0 fully saturated rings. The van der Waals surface area contributed by atoms with Crippen molar-refractivity contribution in [2.24, 2.45) is 0 Å². The summed E-state index contributed by atoms with van der Waals surface area (Å²) in [4.78, 5) is 21.1. The summed E-state index contributed by atoms with van der Waals surface area (Å²) in [7, 11) is 1.60. The van der Waals surface area contributed by atoms with Gasteiger partial charge in [-0.15, -0.1) is 0 Å². The number of ketones is 1. The number of hydrogen-bond acceptors (Lipinski definition) is 6. The van der Waals surface area contributed by atoms with Gasteiger partial charge in [0.2, 0.25) is 5.89 Å². The Hall–Kier alpha value is -3.41. The van der Waals surface area contributed by atoms with E-state index in [9.17, 15) is 4.79 Å². The van der Waals surface area contributed by atoms with Crippen molar-refractivity contribution in [2.45, 2.75) is 33.6 Å². The Kier molecular flexibility index (Phi) is 7.01. The molecule has 0 atom stereocenters. The number of rotatable bonds is 9. The third kappa shape index (κ3) is 5.35. The van der Waals surface area contributed by atoms with Gasteiger partial charge < -0.3 is 13.9 Å². The van der Waals surface area contributed by atoms with Gasteiger partial charge in [-0.25, -0.2) is 4.98 Å². The second-order valence-electron chi connectivity index (χ2n) is 7.19. The summed E-state index contributed by atoms with van der Waals surface area (Å²) in [6.07, 6.45) is 6.02. The Labute approximate surface area is 176 Å². The highest BCUT2D eigenvalue weighted by Crippen LogP contribution is 2.32. The predicted octanol–water partition coefficient (Wildman–Crippen LogP) is 5.21. The number of aryl methyl sites for hydroxylation is 2. The van der Waals surface area contributed by atoms with Crippen LogP contribution in [-0.4, -0.2) is 29.5 Å². The summed E-state index contributed by atoms with van der Waals surface area (Å²) in [5.74, 6) is 1.73. The van der Waals surface area contributed by atoms with Crippen LogP contribution in [0.2, 0.25) is 0 Å². The second kappa shape index (κ2) is 9.87. The van der Waals surface area contributed by atoms with Gasteiger partial charge >= 0.3 is 0 Å². The summed E-state index contributed by atoms with van der Waals surface area (Å²) in [5, 5.41) is 0. The minimum Gasteiger partial charge on any atom is -0.493 e. The maximum Gasteiger partial charge on any atom is 0.226 e. The average Bonchev–Trinajstić information content (AvgIpc) is 3.21. The number of ether oxygens (including phenoxy) is 2. The third-order valence-electron chi connectivity index (χ3n) is 4.57. The third-order valence-corrected chi connectivity index (χ3v) is 4.57. The fraction of sp³-hybridized carbons (Fsp3) is 0.292. The molecule has 0 saturated heterocycles. The van der Waals surface area contributed by atoms with Crippen LogP contribution in [0.1, 0.15) is 42.0 Å². The minimum atomic E-state index is -0.00273. The van der Waals surface area contributed by atoms with E-state index in [4.69, 9.17) is 13.9 Å². The Balaban J connectivity index is 1.70. The number of Topliss-reactive ketones (excluding diaryl/α,β-unsaturated/α-hetero) is 1. The Bertz CT molecular complexity index is 1050. The zero-order chi connectivity index (χ0) is 21.5. The number of benzene rings is 1. The molecule has 3 aromatic rings. The molecule has 0 aliphatic heterocycles. The Morgan fingerprint density at radius 3 is 2.77 bits per heavy atom. The molecule has 0 bridgehead atoms. The van der Waals surface area contributed by atoms with Crippen LogP contribution < -0.4 is 9.47 Å². The summed E-state index contributed by atoms with van der Waals surface area (Å²) in [6, 6.07) is 9.24. The van der Waals surface area contributed by atoms with Crippen molar-refractivity contribution in [3.05, 3.63) is 71.4 Å². The van der Waals surface area contributed by atoms with Crippen molar-refractivity contribution < 1.29 is 18.7 Å². The van der Waals surface area contributed by atoms with E-state index in [1.807, 2.05) is 57.2 Å². The first-order valence-electron chi connectivity index (χ1n) is 9.81. The zero-order valence-corrected chi connectivity index (χ0v) is 17.8. The van der Waals surface area contributed by atoms with E-state index < -0.39 is 0 Å². The van der Waals surface area contributed by atoms with Crippen molar-refractivity contribution in [1.82, 2.24) is 9.97 Å². The van der Waals surface area contributed by atoms with Gasteiger partial charge in [0, 0.05) is 24.6 Å². The van der Waals surface area contributed by atoms with Gasteiger partial charge in [0.1, 0.15) is 18.6 Å². The van der Waals surface area contributed by atoms with Crippen LogP contribution in [0, 0.1) is 6.92 Å². The van der Waals surface area contributed by atoms with Gasteiger partial charge in [0.15, 0.2) is 17.3 Å². The fourth-order valence-electron chi connectivity index (χ4n) is 2.91. The maximum atomic E-state index is 12.4. The molecular weight excluding hydrogens is 380 g/mol. The number of methoxy groups -OCH3 is 1. The lowest BCUT2D eigenvalue weighted by molar-refractivity contribution is 0.0977. The van der Waals surface area contributed by atoms with Crippen molar-refractivity contribution in [3.8, 4) is 23.0 Å². The molecule has 0 unspecified atom stereocenters. The monoisotopic (exact) mass is 406 g/mol. The number of oxazole rings is 1. The largest absolute Gasteiger partial charge is 0.493 e. The molecule has 0 saturated carbocycles. The maximum absolute atomic E-state index is 12.4. The molecule has 0 spiro atoms. The summed E-state index contributed by atoms with van der Waals surface area (Å²) >= 11 is 0. The van der Waals surface area contributed by atoms with Gasteiger partial charge in [0.25, 0.3) is 0 Å². The fourth-order valence-corrected chi connectivity index (χ4v) is 2.91. The molecular formula is C24H26N2O4. The molecule has 0 amide bonds. The summed E-state index contributed by atoms with van der Waals surface area (Å²) in [6.45, 7) is 6.37. The number of nitrogens with zero attached hydrogens (tertiary/aromatic N) is 2. The molecule has 6 heteroatoms. The number of pyridine rings is 1. The normalized spacial score (nSPS) is 10.5. The predicted molar refractivity (Wildman–Crippen MR) is 115 cm³/mol. The number of aromatic nitrogens is 2. The molecule has 1 aromatic carbocycles. The minimum absolute atomic E-state index is 0.00273. The number of hydrogen-bond donors (Lipinski definition) is 0. The molecule has 30 heavy (non-hydrogen) atoms. The van der Waals surface area contributed by atoms with Crippen LogP contribution in [-0.2, 0) is 6.42 Å². The van der Waals surface area contributed by atoms with E-state index >= 15 is 0 Å². The number of carbonyl (C=O) groups excluding carboxylic acids is 1. The zero-order valence-electron chi connectivity index (χ0n) is 17.8. The SMILES string of the molecule is COc1ccc(-c2nc(CCC(=O)c3ncccc3C)co2)cc1OCC=C(C)C. The molecule has 0 radical (unpaired) electrons. The average molecular weight is 406 g/mol. The smallest absolute Gasteiger partial charge is 0.226 e. The van der Waals surface area contributed by atoms with E-state index in [1.165, 1.54) is 5.57 Å². The van der Waals surface area contributed by atoms with Crippen molar-refractivity contribution >= 4 is 5.78 Å². The van der Waals surface area contributed by atoms with Gasteiger partial charge in [-0.05, 0) is 56.7 Å². The second-order valence-corrected chi connectivity index (χ2v) is 7.19. The van der Waals surface area contributed by atoms with E-state index in [1.54, 1.807) is 19.6 Å². The van der Waals surface area contributed by atoms with Crippen molar-refractivity contribution in [1.29, 1.82) is 0 Å². The van der Waals surface area contributed by atoms with Gasteiger partial charge in [-0.2, -0.15) is 0 Å². The molecule has 6 nitrogen and oxygen atoms in total. The van der Waals surface area contributed by atoms with Gasteiger partial charge in [-0.1, -0.05) is 11.6 Å². The molecule has 156 valence electrons. The van der Waals surface area contributed by atoms with Crippen LogP contribution in [0.5, 0.6) is 11.5 Å². The molecule has 0 aliphatic carbocycles. The van der Waals surface area contributed by atoms with Crippen LogP contribution in [0.15, 0.2) is 58.9 Å². The first-order valence-corrected chi connectivity index (χ1v) is 9.81.